The maximum atomic E-state index is 13.3. The molecule has 1 heterocycles. The zero-order valence-corrected chi connectivity index (χ0v) is 15.2. The zero-order valence-electron chi connectivity index (χ0n) is 15.2. The highest BCUT2D eigenvalue weighted by atomic mass is 19.1. The summed E-state index contributed by atoms with van der Waals surface area (Å²) in [6.45, 7) is 0.275. The number of carbonyl (C=O) groups is 3. The molecular formula is C20H24FN3O3. The van der Waals surface area contributed by atoms with Crippen LogP contribution < -0.4 is 5.32 Å². The van der Waals surface area contributed by atoms with Gasteiger partial charge in [-0.3, -0.25) is 14.5 Å². The van der Waals surface area contributed by atoms with Gasteiger partial charge in [0.1, 0.15) is 18.9 Å². The van der Waals surface area contributed by atoms with E-state index in [1.54, 1.807) is 17.0 Å². The fourth-order valence-corrected chi connectivity index (χ4v) is 4.28. The van der Waals surface area contributed by atoms with Gasteiger partial charge in [0.05, 0.1) is 0 Å². The van der Waals surface area contributed by atoms with Crippen molar-refractivity contribution >= 4 is 17.8 Å². The molecule has 1 N–H and O–H groups in total. The summed E-state index contributed by atoms with van der Waals surface area (Å²) in [4.78, 5) is 39.5. The number of rotatable bonds is 6. The first kappa shape index (κ1) is 17.9. The Balaban J connectivity index is 1.38. The van der Waals surface area contributed by atoms with E-state index in [9.17, 15) is 18.8 Å². The number of nitrogens with one attached hydrogen (secondary N) is 1. The number of hydrogen-bond donors (Lipinski definition) is 1. The second-order valence-corrected chi connectivity index (χ2v) is 7.89. The number of benzene rings is 1. The van der Waals surface area contributed by atoms with Crippen LogP contribution >= 0.6 is 0 Å². The fourth-order valence-electron chi connectivity index (χ4n) is 4.28. The number of urea groups is 1. The normalized spacial score (nSPS) is 21.8. The van der Waals surface area contributed by atoms with E-state index in [1.807, 2.05) is 0 Å². The second kappa shape index (κ2) is 6.94. The highest BCUT2D eigenvalue weighted by molar-refractivity contribution is 6.04. The van der Waals surface area contributed by atoms with Crippen LogP contribution in [0.2, 0.25) is 0 Å². The summed E-state index contributed by atoms with van der Waals surface area (Å²) < 4.78 is 13.3. The van der Waals surface area contributed by atoms with Crippen molar-refractivity contribution in [2.75, 3.05) is 19.6 Å². The predicted octanol–water partition coefficient (Wildman–Crippen LogP) is 2.18. The second-order valence-electron chi connectivity index (χ2n) is 7.89. The van der Waals surface area contributed by atoms with E-state index >= 15 is 0 Å². The van der Waals surface area contributed by atoms with Gasteiger partial charge in [-0.05, 0) is 43.4 Å². The lowest BCUT2D eigenvalue weighted by atomic mass is 9.79. The zero-order chi connectivity index (χ0) is 19.0. The minimum Gasteiger partial charge on any atom is -0.354 e. The lowest BCUT2D eigenvalue weighted by molar-refractivity contribution is -0.130. The number of carbonyl (C=O) groups excluding carboxylic acids is 3. The van der Waals surface area contributed by atoms with E-state index < -0.39 is 0 Å². The van der Waals surface area contributed by atoms with E-state index in [0.29, 0.717) is 6.54 Å². The number of nitrogens with zero attached hydrogens (tertiary/aromatic N) is 2. The Kier molecular flexibility index (Phi) is 4.61. The molecule has 2 saturated carbocycles. The molecular weight excluding hydrogens is 349 g/mol. The van der Waals surface area contributed by atoms with Crippen molar-refractivity contribution in [2.24, 2.45) is 0 Å². The maximum absolute atomic E-state index is 13.3. The molecule has 6 nitrogen and oxygen atoms in total. The SMILES string of the molecule is O=C(CN1C(=O)CN(C2CC2)C1=O)NCC1(c2ccc(F)cc2)CCCC1. The van der Waals surface area contributed by atoms with Gasteiger partial charge in [0.2, 0.25) is 5.91 Å². The first-order chi connectivity index (χ1) is 13.0. The molecule has 1 saturated heterocycles. The van der Waals surface area contributed by atoms with Crippen LogP contribution in [0.1, 0.15) is 44.1 Å². The molecule has 3 fully saturated rings. The van der Waals surface area contributed by atoms with Gasteiger partial charge in [-0.15, -0.1) is 0 Å². The quantitative estimate of drug-likeness (QED) is 0.777. The van der Waals surface area contributed by atoms with E-state index in [1.165, 1.54) is 12.1 Å². The predicted molar refractivity (Wildman–Crippen MR) is 96.4 cm³/mol. The molecule has 1 aliphatic heterocycles. The molecule has 0 aromatic heterocycles. The van der Waals surface area contributed by atoms with Crippen LogP contribution in [0.4, 0.5) is 9.18 Å². The van der Waals surface area contributed by atoms with Gasteiger partial charge in [-0.1, -0.05) is 25.0 Å². The van der Waals surface area contributed by atoms with Crippen molar-refractivity contribution in [1.82, 2.24) is 15.1 Å². The monoisotopic (exact) mass is 373 g/mol. The third-order valence-electron chi connectivity index (χ3n) is 6.01. The lowest BCUT2D eigenvalue weighted by Gasteiger charge is -2.30. The summed E-state index contributed by atoms with van der Waals surface area (Å²) in [7, 11) is 0. The van der Waals surface area contributed by atoms with Gasteiger partial charge in [-0.2, -0.15) is 0 Å². The largest absolute Gasteiger partial charge is 0.354 e. The summed E-state index contributed by atoms with van der Waals surface area (Å²) in [5.74, 6) is -0.916. The Bertz CT molecular complexity index is 754. The smallest absolute Gasteiger partial charge is 0.327 e. The highest BCUT2D eigenvalue weighted by Crippen LogP contribution is 2.40. The summed E-state index contributed by atoms with van der Waals surface area (Å²) in [5, 5.41) is 2.91. The molecule has 7 heteroatoms. The van der Waals surface area contributed by atoms with Gasteiger partial charge < -0.3 is 10.2 Å². The third kappa shape index (κ3) is 3.55. The lowest BCUT2D eigenvalue weighted by Crippen LogP contribution is -2.45. The van der Waals surface area contributed by atoms with Crippen molar-refractivity contribution in [1.29, 1.82) is 0 Å². The Labute approximate surface area is 157 Å². The van der Waals surface area contributed by atoms with Crippen LogP contribution in [0.25, 0.3) is 0 Å². The average molecular weight is 373 g/mol. The molecule has 27 heavy (non-hydrogen) atoms. The van der Waals surface area contributed by atoms with Gasteiger partial charge in [0, 0.05) is 18.0 Å². The molecule has 1 aromatic carbocycles. The Morgan fingerprint density at radius 2 is 1.81 bits per heavy atom. The number of amides is 4. The number of imide groups is 1. The molecule has 0 radical (unpaired) electrons. The Hall–Kier alpha value is -2.44. The van der Waals surface area contributed by atoms with E-state index in [4.69, 9.17) is 0 Å². The molecule has 0 bridgehead atoms. The van der Waals surface area contributed by atoms with Crippen LogP contribution in [-0.4, -0.2) is 53.3 Å². The minimum atomic E-state index is -0.355. The minimum absolute atomic E-state index is 0.0797. The average Bonchev–Trinajstić information content (AvgIpc) is 3.32. The van der Waals surface area contributed by atoms with E-state index in [-0.39, 0.29) is 48.2 Å². The third-order valence-corrected chi connectivity index (χ3v) is 6.01. The maximum Gasteiger partial charge on any atom is 0.327 e. The van der Waals surface area contributed by atoms with E-state index in [2.05, 4.69) is 5.32 Å². The molecule has 3 aliphatic rings. The van der Waals surface area contributed by atoms with Crippen LogP contribution in [0.5, 0.6) is 0 Å². The van der Waals surface area contributed by atoms with Gasteiger partial charge in [0.15, 0.2) is 0 Å². The van der Waals surface area contributed by atoms with E-state index in [0.717, 1.165) is 49.0 Å². The Morgan fingerprint density at radius 3 is 2.44 bits per heavy atom. The molecule has 4 rings (SSSR count). The van der Waals surface area contributed by atoms with Gasteiger partial charge in [0.25, 0.3) is 5.91 Å². The molecule has 1 aromatic rings. The van der Waals surface area contributed by atoms with Crippen LogP contribution in [-0.2, 0) is 15.0 Å². The van der Waals surface area contributed by atoms with Crippen molar-refractivity contribution < 1.29 is 18.8 Å². The molecule has 144 valence electrons. The molecule has 4 amide bonds. The summed E-state index contributed by atoms with van der Waals surface area (Å²) >= 11 is 0. The van der Waals surface area contributed by atoms with Crippen molar-refractivity contribution in [3.05, 3.63) is 35.6 Å². The highest BCUT2D eigenvalue weighted by Gasteiger charge is 2.44. The Morgan fingerprint density at radius 1 is 1.15 bits per heavy atom. The van der Waals surface area contributed by atoms with Gasteiger partial charge >= 0.3 is 6.03 Å². The van der Waals surface area contributed by atoms with Crippen LogP contribution in [0, 0.1) is 5.82 Å². The summed E-state index contributed by atoms with van der Waals surface area (Å²) in [6, 6.07) is 6.28. The molecule has 2 aliphatic carbocycles. The number of halogens is 1. The van der Waals surface area contributed by atoms with Gasteiger partial charge in [-0.25, -0.2) is 9.18 Å². The summed E-state index contributed by atoms with van der Waals surface area (Å²) in [6.07, 6.45) is 5.84. The standard InChI is InChI=1S/C20H24FN3O3/c21-15-5-3-14(4-6-15)20(9-1-2-10-20)13-22-17(25)11-24-18(26)12-23(19(24)27)16-7-8-16/h3-6,16H,1-2,7-13H2,(H,22,25). The topological polar surface area (TPSA) is 69.7 Å². The summed E-state index contributed by atoms with van der Waals surface area (Å²) in [5.41, 5.74) is 0.817. The number of hydrogen-bond acceptors (Lipinski definition) is 3. The first-order valence-corrected chi connectivity index (χ1v) is 9.62. The van der Waals surface area contributed by atoms with Crippen LogP contribution in [0.15, 0.2) is 24.3 Å². The fraction of sp³-hybridized carbons (Fsp3) is 0.550. The van der Waals surface area contributed by atoms with Crippen molar-refractivity contribution in [2.45, 2.75) is 50.0 Å². The molecule has 0 unspecified atom stereocenters. The molecule has 0 spiro atoms. The van der Waals surface area contributed by atoms with Crippen molar-refractivity contribution in [3.63, 3.8) is 0 Å². The molecule has 0 atom stereocenters. The first-order valence-electron chi connectivity index (χ1n) is 9.62. The van der Waals surface area contributed by atoms with Crippen molar-refractivity contribution in [3.8, 4) is 0 Å². The van der Waals surface area contributed by atoms with Crippen LogP contribution in [0.3, 0.4) is 0 Å².